The van der Waals surface area contributed by atoms with Crippen LogP contribution in [0.2, 0.25) is 0 Å². The van der Waals surface area contributed by atoms with Gasteiger partial charge < -0.3 is 14.2 Å². The van der Waals surface area contributed by atoms with E-state index in [1.807, 2.05) is 43.3 Å². The highest BCUT2D eigenvalue weighted by Crippen LogP contribution is 2.22. The highest BCUT2D eigenvalue weighted by molar-refractivity contribution is 5.29. The normalized spacial score (nSPS) is 13.4. The van der Waals surface area contributed by atoms with Crippen LogP contribution < -0.4 is 9.47 Å². The molecule has 0 radical (unpaired) electrons. The molecule has 0 amide bonds. The molecule has 2 atom stereocenters. The summed E-state index contributed by atoms with van der Waals surface area (Å²) in [5.41, 5.74) is 2.43. The van der Waals surface area contributed by atoms with Crippen molar-refractivity contribution in [3.63, 3.8) is 0 Å². The van der Waals surface area contributed by atoms with Crippen molar-refractivity contribution >= 4 is 0 Å². The molecule has 0 heterocycles. The van der Waals surface area contributed by atoms with Crippen molar-refractivity contribution < 1.29 is 14.2 Å². The highest BCUT2D eigenvalue weighted by atomic mass is 16.7. The summed E-state index contributed by atoms with van der Waals surface area (Å²) in [6.45, 7) is 6.85. The lowest BCUT2D eigenvalue weighted by atomic mass is 9.99. The summed E-state index contributed by atoms with van der Waals surface area (Å²) in [6.07, 6.45) is 0.841. The summed E-state index contributed by atoms with van der Waals surface area (Å²) in [6, 6.07) is 16.1. The Morgan fingerprint density at radius 2 is 1.48 bits per heavy atom. The number of hydrogen-bond acceptors (Lipinski definition) is 3. The molecule has 0 aliphatic rings. The second-order valence-electron chi connectivity index (χ2n) is 5.72. The highest BCUT2D eigenvalue weighted by Gasteiger charge is 2.07. The van der Waals surface area contributed by atoms with Crippen LogP contribution in [0, 0.1) is 0 Å². The van der Waals surface area contributed by atoms with E-state index in [9.17, 15) is 0 Å². The van der Waals surface area contributed by atoms with Gasteiger partial charge >= 0.3 is 0 Å². The van der Waals surface area contributed by atoms with E-state index in [0.29, 0.717) is 12.5 Å². The van der Waals surface area contributed by atoms with Gasteiger partial charge in [-0.2, -0.15) is 0 Å². The zero-order chi connectivity index (χ0) is 16.7. The van der Waals surface area contributed by atoms with Gasteiger partial charge in [0, 0.05) is 0 Å². The van der Waals surface area contributed by atoms with Crippen LogP contribution >= 0.6 is 0 Å². The second-order valence-corrected chi connectivity index (χ2v) is 5.72. The Kier molecular flexibility index (Phi) is 6.48. The Morgan fingerprint density at radius 1 is 0.870 bits per heavy atom. The van der Waals surface area contributed by atoms with Crippen molar-refractivity contribution in [3.8, 4) is 11.5 Å². The van der Waals surface area contributed by atoms with Crippen LogP contribution in [0.25, 0.3) is 0 Å². The third-order valence-electron chi connectivity index (χ3n) is 4.01. The van der Waals surface area contributed by atoms with Gasteiger partial charge in [0.2, 0.25) is 0 Å². The average molecular weight is 314 g/mol. The van der Waals surface area contributed by atoms with Crippen molar-refractivity contribution in [1.82, 2.24) is 0 Å². The van der Waals surface area contributed by atoms with Crippen LogP contribution in [0.15, 0.2) is 48.5 Å². The van der Waals surface area contributed by atoms with Gasteiger partial charge in [0.15, 0.2) is 6.29 Å². The molecule has 2 aromatic rings. The van der Waals surface area contributed by atoms with Gasteiger partial charge in [0.05, 0.1) is 13.7 Å². The zero-order valence-corrected chi connectivity index (χ0v) is 14.4. The third kappa shape index (κ3) is 5.29. The molecule has 23 heavy (non-hydrogen) atoms. The molecule has 0 saturated carbocycles. The van der Waals surface area contributed by atoms with Gasteiger partial charge in [-0.05, 0) is 54.7 Å². The number of benzene rings is 2. The topological polar surface area (TPSA) is 27.7 Å². The molecule has 2 aromatic carbocycles. The molecule has 3 heteroatoms. The van der Waals surface area contributed by atoms with E-state index < -0.39 is 0 Å². The molecule has 0 fully saturated rings. The fourth-order valence-electron chi connectivity index (χ4n) is 2.27. The van der Waals surface area contributed by atoms with Crippen LogP contribution in [-0.2, 0) is 11.3 Å². The van der Waals surface area contributed by atoms with Gasteiger partial charge in [-0.1, -0.05) is 38.1 Å². The average Bonchev–Trinajstić information content (AvgIpc) is 2.60. The quantitative estimate of drug-likeness (QED) is 0.631. The second kappa shape index (κ2) is 8.59. The fourth-order valence-corrected chi connectivity index (χ4v) is 2.27. The molecule has 124 valence electrons. The molecule has 2 unspecified atom stereocenters. The summed E-state index contributed by atoms with van der Waals surface area (Å²) < 4.78 is 16.7. The Balaban J connectivity index is 1.82. The van der Waals surface area contributed by atoms with Crippen molar-refractivity contribution in [2.45, 2.75) is 46.0 Å². The van der Waals surface area contributed by atoms with Crippen molar-refractivity contribution in [1.29, 1.82) is 0 Å². The maximum Gasteiger partial charge on any atom is 0.197 e. The van der Waals surface area contributed by atoms with Gasteiger partial charge in [-0.25, -0.2) is 0 Å². The molecule has 3 nitrogen and oxygen atoms in total. The number of ether oxygens (including phenoxy) is 3. The summed E-state index contributed by atoms with van der Waals surface area (Å²) in [4.78, 5) is 0. The molecule has 0 saturated heterocycles. The van der Waals surface area contributed by atoms with E-state index in [1.54, 1.807) is 7.11 Å². The summed E-state index contributed by atoms with van der Waals surface area (Å²) in [5, 5.41) is 0. The van der Waals surface area contributed by atoms with E-state index in [-0.39, 0.29) is 6.29 Å². The van der Waals surface area contributed by atoms with Crippen molar-refractivity contribution in [3.05, 3.63) is 59.7 Å². The first-order valence-electron chi connectivity index (χ1n) is 8.13. The molecule has 0 spiro atoms. The van der Waals surface area contributed by atoms with E-state index in [1.165, 1.54) is 5.56 Å². The van der Waals surface area contributed by atoms with Crippen LogP contribution in [0.1, 0.15) is 44.2 Å². The van der Waals surface area contributed by atoms with Crippen LogP contribution in [0.5, 0.6) is 11.5 Å². The van der Waals surface area contributed by atoms with E-state index in [2.05, 4.69) is 26.0 Å². The molecule has 0 aliphatic carbocycles. The Labute approximate surface area is 139 Å². The predicted molar refractivity (Wildman–Crippen MR) is 93.0 cm³/mol. The SMILES string of the molecule is CCC(C)c1ccc(OC(C)OCc2ccc(OC)cc2)cc1. The first kappa shape index (κ1) is 17.4. The zero-order valence-electron chi connectivity index (χ0n) is 14.4. The molecule has 0 aromatic heterocycles. The standard InChI is InChI=1S/C20H26O3/c1-5-15(2)18-8-12-20(13-9-18)23-16(3)22-14-17-6-10-19(21-4)11-7-17/h6-13,15-16H,5,14H2,1-4H3. The maximum atomic E-state index is 5.80. The largest absolute Gasteiger partial charge is 0.497 e. The minimum Gasteiger partial charge on any atom is -0.497 e. The smallest absolute Gasteiger partial charge is 0.197 e. The molecular weight excluding hydrogens is 288 g/mol. The van der Waals surface area contributed by atoms with Gasteiger partial charge in [0.1, 0.15) is 11.5 Å². The van der Waals surface area contributed by atoms with E-state index in [0.717, 1.165) is 23.5 Å². The van der Waals surface area contributed by atoms with Gasteiger partial charge in [-0.3, -0.25) is 0 Å². The Morgan fingerprint density at radius 3 is 2.04 bits per heavy atom. The molecule has 0 aliphatic heterocycles. The molecule has 0 bridgehead atoms. The van der Waals surface area contributed by atoms with E-state index >= 15 is 0 Å². The third-order valence-corrected chi connectivity index (χ3v) is 4.01. The first-order chi connectivity index (χ1) is 11.1. The predicted octanol–water partition coefficient (Wildman–Crippen LogP) is 5.15. The molecular formula is C20H26O3. The Hall–Kier alpha value is -2.00. The lowest BCUT2D eigenvalue weighted by Gasteiger charge is -2.16. The van der Waals surface area contributed by atoms with Crippen molar-refractivity contribution in [2.24, 2.45) is 0 Å². The minimum atomic E-state index is -0.299. The lowest BCUT2D eigenvalue weighted by Crippen LogP contribution is -2.16. The van der Waals surface area contributed by atoms with Crippen LogP contribution in [0.4, 0.5) is 0 Å². The monoisotopic (exact) mass is 314 g/mol. The number of rotatable bonds is 8. The molecule has 2 rings (SSSR count). The van der Waals surface area contributed by atoms with E-state index in [4.69, 9.17) is 14.2 Å². The number of methoxy groups -OCH3 is 1. The fraction of sp³-hybridized carbons (Fsp3) is 0.400. The van der Waals surface area contributed by atoms with Gasteiger partial charge in [-0.15, -0.1) is 0 Å². The van der Waals surface area contributed by atoms with Crippen LogP contribution in [0.3, 0.4) is 0 Å². The summed E-state index contributed by atoms with van der Waals surface area (Å²) in [5.74, 6) is 2.26. The minimum absolute atomic E-state index is 0.299. The van der Waals surface area contributed by atoms with Gasteiger partial charge in [0.25, 0.3) is 0 Å². The Bertz CT molecular complexity index is 575. The van der Waals surface area contributed by atoms with Crippen molar-refractivity contribution in [2.75, 3.05) is 7.11 Å². The molecule has 0 N–H and O–H groups in total. The number of hydrogen-bond donors (Lipinski definition) is 0. The lowest BCUT2D eigenvalue weighted by molar-refractivity contribution is -0.0759. The van der Waals surface area contributed by atoms with Crippen LogP contribution in [-0.4, -0.2) is 13.4 Å². The summed E-state index contributed by atoms with van der Waals surface area (Å²) in [7, 11) is 1.66. The maximum absolute atomic E-state index is 5.80. The summed E-state index contributed by atoms with van der Waals surface area (Å²) >= 11 is 0. The first-order valence-corrected chi connectivity index (χ1v) is 8.13.